The van der Waals surface area contributed by atoms with Gasteiger partial charge in [0.2, 0.25) is 0 Å². The Hall–Kier alpha value is -1.86. The third kappa shape index (κ3) is 3.12. The summed E-state index contributed by atoms with van der Waals surface area (Å²) in [4.78, 5) is 2.03. The van der Waals surface area contributed by atoms with E-state index in [9.17, 15) is 4.57 Å². The maximum absolute atomic E-state index is 12.4. The lowest BCUT2D eigenvalue weighted by atomic mass is 10.3. The first-order valence-corrected chi connectivity index (χ1v) is 7.40. The van der Waals surface area contributed by atoms with E-state index in [2.05, 4.69) is 5.32 Å². The number of nitrogens with one attached hydrogen (secondary N) is 1. The predicted octanol–water partition coefficient (Wildman–Crippen LogP) is 2.57. The van der Waals surface area contributed by atoms with Gasteiger partial charge in [-0.15, -0.1) is 0 Å². The quantitative estimate of drug-likeness (QED) is 0.869. The molecule has 1 unspecified atom stereocenters. The van der Waals surface area contributed by atoms with E-state index >= 15 is 0 Å². The van der Waals surface area contributed by atoms with Gasteiger partial charge in [0.05, 0.1) is 0 Å². The van der Waals surface area contributed by atoms with Crippen molar-refractivity contribution < 1.29 is 4.57 Å². The van der Waals surface area contributed by atoms with E-state index in [1.165, 1.54) is 0 Å². The first-order valence-electron chi connectivity index (χ1n) is 6.14. The normalized spacial score (nSPS) is 11.0. The Morgan fingerprint density at radius 2 is 1.37 bits per heavy atom. The molecule has 0 heterocycles. The number of hydrogen-bond donors (Lipinski definition) is 1. The molecule has 0 fully saturated rings. The smallest absolute Gasteiger partial charge is 0.388 e. The average molecular weight is 273 g/mol. The van der Waals surface area contributed by atoms with Crippen molar-refractivity contribution in [2.45, 2.75) is 0 Å². The molecule has 0 radical (unpaired) electrons. The van der Waals surface area contributed by atoms with Gasteiger partial charge in [-0.05, 0) is 48.5 Å². The molecule has 3 nitrogen and oxygen atoms in total. The van der Waals surface area contributed by atoms with Crippen molar-refractivity contribution in [2.75, 3.05) is 31.4 Å². The standard InChI is InChI=1S/C15H18N2OP/c1-16-12-4-8-14(9-5-12)19(18)15-10-6-13(7-11-15)17(2)3/h4-11,16H,1-3H3/q+1. The SMILES string of the molecule is CNc1ccc([P+](=O)c2ccc(N(C)C)cc2)cc1. The van der Waals surface area contributed by atoms with Gasteiger partial charge in [-0.2, -0.15) is 0 Å². The average Bonchev–Trinajstić information content (AvgIpc) is 2.46. The number of nitrogens with zero attached hydrogens (tertiary/aromatic N) is 1. The van der Waals surface area contributed by atoms with Crippen molar-refractivity contribution in [3.05, 3.63) is 48.5 Å². The molecule has 2 aromatic carbocycles. The van der Waals surface area contributed by atoms with Gasteiger partial charge in [0.15, 0.2) is 10.6 Å². The first-order chi connectivity index (χ1) is 9.11. The van der Waals surface area contributed by atoms with Gasteiger partial charge in [0.25, 0.3) is 0 Å². The second-order valence-corrected chi connectivity index (χ2v) is 6.12. The van der Waals surface area contributed by atoms with Crippen LogP contribution in [0.15, 0.2) is 48.5 Å². The van der Waals surface area contributed by atoms with E-state index in [-0.39, 0.29) is 0 Å². The molecule has 0 aliphatic carbocycles. The summed E-state index contributed by atoms with van der Waals surface area (Å²) in [5.41, 5.74) is 2.13. The van der Waals surface area contributed by atoms with Crippen molar-refractivity contribution in [1.82, 2.24) is 0 Å². The third-order valence-electron chi connectivity index (χ3n) is 2.99. The molecule has 0 saturated carbocycles. The van der Waals surface area contributed by atoms with Crippen LogP contribution in [0.1, 0.15) is 0 Å². The van der Waals surface area contributed by atoms with E-state index in [1.807, 2.05) is 74.6 Å². The summed E-state index contributed by atoms with van der Waals surface area (Å²) in [5, 5.41) is 4.76. The number of benzene rings is 2. The van der Waals surface area contributed by atoms with Gasteiger partial charge < -0.3 is 10.2 Å². The molecule has 0 aromatic heterocycles. The Balaban J connectivity index is 2.22. The maximum Gasteiger partial charge on any atom is 0.415 e. The van der Waals surface area contributed by atoms with Gasteiger partial charge in [-0.3, -0.25) is 0 Å². The molecule has 2 aromatic rings. The van der Waals surface area contributed by atoms with Gasteiger partial charge in [-0.1, -0.05) is 4.57 Å². The summed E-state index contributed by atoms with van der Waals surface area (Å²) >= 11 is 0. The van der Waals surface area contributed by atoms with Crippen molar-refractivity contribution in [2.24, 2.45) is 0 Å². The second kappa shape index (κ2) is 5.85. The van der Waals surface area contributed by atoms with Crippen LogP contribution in [0.5, 0.6) is 0 Å². The summed E-state index contributed by atoms with van der Waals surface area (Å²) < 4.78 is 12.4. The van der Waals surface area contributed by atoms with Crippen LogP contribution in [0.4, 0.5) is 11.4 Å². The highest BCUT2D eigenvalue weighted by molar-refractivity contribution is 7.61. The lowest BCUT2D eigenvalue weighted by Gasteiger charge is -2.10. The summed E-state index contributed by atoms with van der Waals surface area (Å²) in [6.45, 7) is 0. The van der Waals surface area contributed by atoms with Gasteiger partial charge in [0, 0.05) is 32.5 Å². The monoisotopic (exact) mass is 273 g/mol. The largest absolute Gasteiger partial charge is 0.415 e. The van der Waals surface area contributed by atoms with Crippen LogP contribution >= 0.6 is 7.80 Å². The minimum atomic E-state index is -1.52. The molecule has 0 bridgehead atoms. The Morgan fingerprint density at radius 1 is 0.895 bits per heavy atom. The molecular formula is C15H18N2OP+. The molecule has 98 valence electrons. The van der Waals surface area contributed by atoms with Crippen LogP contribution in [0.25, 0.3) is 0 Å². The van der Waals surface area contributed by atoms with E-state index < -0.39 is 7.80 Å². The van der Waals surface area contributed by atoms with Crippen LogP contribution in [-0.2, 0) is 4.57 Å². The highest BCUT2D eigenvalue weighted by Crippen LogP contribution is 2.22. The molecule has 4 heteroatoms. The van der Waals surface area contributed by atoms with E-state index in [0.29, 0.717) is 0 Å². The zero-order chi connectivity index (χ0) is 13.8. The summed E-state index contributed by atoms with van der Waals surface area (Å²) in [6, 6.07) is 15.5. The fraction of sp³-hybridized carbons (Fsp3) is 0.200. The van der Waals surface area contributed by atoms with Gasteiger partial charge in [0.1, 0.15) is 0 Å². The van der Waals surface area contributed by atoms with E-state index in [1.54, 1.807) is 0 Å². The topological polar surface area (TPSA) is 32.3 Å². The van der Waals surface area contributed by atoms with E-state index in [0.717, 1.165) is 22.0 Å². The minimum absolute atomic E-state index is 0.853. The van der Waals surface area contributed by atoms with Crippen LogP contribution in [-0.4, -0.2) is 21.1 Å². The predicted molar refractivity (Wildman–Crippen MR) is 83.6 cm³/mol. The van der Waals surface area contributed by atoms with Crippen LogP contribution in [0, 0.1) is 0 Å². The lowest BCUT2D eigenvalue weighted by Crippen LogP contribution is -2.11. The summed E-state index contributed by atoms with van der Waals surface area (Å²) in [5.74, 6) is 0. The van der Waals surface area contributed by atoms with Crippen LogP contribution in [0.2, 0.25) is 0 Å². The van der Waals surface area contributed by atoms with Crippen LogP contribution in [0.3, 0.4) is 0 Å². The molecule has 0 spiro atoms. The Labute approximate surface area is 115 Å². The highest BCUT2D eigenvalue weighted by Gasteiger charge is 2.22. The zero-order valence-corrected chi connectivity index (χ0v) is 12.3. The van der Waals surface area contributed by atoms with Crippen LogP contribution < -0.4 is 20.8 Å². The lowest BCUT2D eigenvalue weighted by molar-refractivity contribution is 0.598. The molecule has 1 N–H and O–H groups in total. The van der Waals surface area contributed by atoms with Crippen molar-refractivity contribution in [3.63, 3.8) is 0 Å². The molecular weight excluding hydrogens is 255 g/mol. The molecule has 1 atom stereocenters. The Morgan fingerprint density at radius 3 is 1.79 bits per heavy atom. The molecule has 0 aliphatic heterocycles. The fourth-order valence-electron chi connectivity index (χ4n) is 1.80. The molecule has 19 heavy (non-hydrogen) atoms. The zero-order valence-electron chi connectivity index (χ0n) is 11.4. The first kappa shape index (κ1) is 13.6. The second-order valence-electron chi connectivity index (χ2n) is 4.50. The summed E-state index contributed by atoms with van der Waals surface area (Å²) in [7, 11) is 4.34. The number of hydrogen-bond acceptors (Lipinski definition) is 3. The molecule has 0 aliphatic rings. The van der Waals surface area contributed by atoms with Crippen molar-refractivity contribution in [1.29, 1.82) is 0 Å². The number of anilines is 2. The van der Waals surface area contributed by atoms with Crippen molar-refractivity contribution >= 4 is 29.8 Å². The Kier molecular flexibility index (Phi) is 4.18. The minimum Gasteiger partial charge on any atom is -0.388 e. The molecule has 0 saturated heterocycles. The highest BCUT2D eigenvalue weighted by atomic mass is 31.1. The molecule has 2 rings (SSSR count). The number of rotatable bonds is 4. The third-order valence-corrected chi connectivity index (χ3v) is 4.53. The summed E-state index contributed by atoms with van der Waals surface area (Å²) in [6.07, 6.45) is 0. The fourth-order valence-corrected chi connectivity index (χ4v) is 2.94. The van der Waals surface area contributed by atoms with Gasteiger partial charge in [-0.25, -0.2) is 0 Å². The van der Waals surface area contributed by atoms with E-state index in [4.69, 9.17) is 0 Å². The van der Waals surface area contributed by atoms with Crippen molar-refractivity contribution in [3.8, 4) is 0 Å². The Bertz CT molecular complexity index is 562. The maximum atomic E-state index is 12.4. The molecule has 0 amide bonds. The van der Waals surface area contributed by atoms with Gasteiger partial charge >= 0.3 is 7.80 Å².